The van der Waals surface area contributed by atoms with Crippen LogP contribution in [0.2, 0.25) is 0 Å². The highest BCUT2D eigenvalue weighted by Crippen LogP contribution is 2.22. The topological polar surface area (TPSA) is 33.1 Å². The summed E-state index contributed by atoms with van der Waals surface area (Å²) in [5, 5.41) is 8.16. The molecule has 0 unspecified atom stereocenters. The Bertz CT molecular complexity index is 410. The molecule has 1 rings (SSSR count). The molecule has 1 N–H and O–H groups in total. The quantitative estimate of drug-likeness (QED) is 0.834. The molecule has 0 radical (unpaired) electrons. The fourth-order valence-corrected chi connectivity index (χ4v) is 2.54. The van der Waals surface area contributed by atoms with Gasteiger partial charge in [-0.2, -0.15) is 5.10 Å². The Morgan fingerprint density at radius 3 is 2.42 bits per heavy atom. The van der Waals surface area contributed by atoms with Gasteiger partial charge < -0.3 is 10.2 Å². The number of halogens is 1. The lowest BCUT2D eigenvalue weighted by Crippen LogP contribution is -2.46. The van der Waals surface area contributed by atoms with Gasteiger partial charge in [-0.05, 0) is 57.2 Å². The van der Waals surface area contributed by atoms with Crippen LogP contribution >= 0.6 is 15.9 Å². The molecule has 19 heavy (non-hydrogen) atoms. The predicted octanol–water partition coefficient (Wildman–Crippen LogP) is 2.66. The summed E-state index contributed by atoms with van der Waals surface area (Å²) in [6, 6.07) is 0. The van der Waals surface area contributed by atoms with E-state index >= 15 is 0 Å². The third-order valence-corrected chi connectivity index (χ3v) is 4.67. The number of nitrogens with one attached hydrogen (secondary N) is 1. The van der Waals surface area contributed by atoms with Crippen LogP contribution in [-0.4, -0.2) is 40.9 Å². The minimum Gasteiger partial charge on any atom is -0.309 e. The molecular formula is C14H27BrN4. The molecule has 1 heterocycles. The smallest absolute Gasteiger partial charge is 0.0767 e. The molecule has 0 fully saturated rings. The van der Waals surface area contributed by atoms with E-state index in [4.69, 9.17) is 0 Å². The molecule has 0 saturated heterocycles. The van der Waals surface area contributed by atoms with Crippen molar-refractivity contribution in [2.45, 2.75) is 52.7 Å². The number of nitrogens with zero attached hydrogens (tertiary/aromatic N) is 3. The van der Waals surface area contributed by atoms with Gasteiger partial charge in [-0.25, -0.2) is 0 Å². The molecule has 0 atom stereocenters. The highest BCUT2D eigenvalue weighted by atomic mass is 79.9. The largest absolute Gasteiger partial charge is 0.309 e. The van der Waals surface area contributed by atoms with E-state index in [-0.39, 0.29) is 5.54 Å². The van der Waals surface area contributed by atoms with Crippen LogP contribution in [0.1, 0.15) is 39.1 Å². The predicted molar refractivity (Wildman–Crippen MR) is 84.5 cm³/mol. The van der Waals surface area contributed by atoms with Gasteiger partial charge in [-0.15, -0.1) is 0 Å². The van der Waals surface area contributed by atoms with E-state index in [9.17, 15) is 0 Å². The summed E-state index contributed by atoms with van der Waals surface area (Å²) in [4.78, 5) is 2.24. The van der Waals surface area contributed by atoms with E-state index in [0.29, 0.717) is 0 Å². The van der Waals surface area contributed by atoms with Crippen LogP contribution in [0.3, 0.4) is 0 Å². The van der Waals surface area contributed by atoms with Gasteiger partial charge in [0.15, 0.2) is 0 Å². The molecule has 0 aliphatic rings. The van der Waals surface area contributed by atoms with Crippen LogP contribution in [0.25, 0.3) is 0 Å². The fourth-order valence-electron chi connectivity index (χ4n) is 1.83. The molecule has 5 heteroatoms. The van der Waals surface area contributed by atoms with Gasteiger partial charge in [-0.1, -0.05) is 6.92 Å². The maximum Gasteiger partial charge on any atom is 0.0767 e. The van der Waals surface area contributed by atoms with Crippen LogP contribution in [0, 0.1) is 0 Å². The molecule has 0 aliphatic heterocycles. The molecule has 0 bridgehead atoms. The minimum absolute atomic E-state index is 0.150. The Hall–Kier alpha value is -0.390. The molecular weight excluding hydrogens is 304 g/mol. The minimum atomic E-state index is 0.150. The zero-order valence-electron chi connectivity index (χ0n) is 13.0. The Morgan fingerprint density at radius 2 is 1.95 bits per heavy atom. The SMILES string of the molecule is CCc1nn(CC)c(CNCC(C)(C)N(C)C)c1Br. The highest BCUT2D eigenvalue weighted by molar-refractivity contribution is 9.10. The number of aryl methyl sites for hydroxylation is 2. The molecule has 1 aromatic heterocycles. The van der Waals surface area contributed by atoms with Gasteiger partial charge in [0.2, 0.25) is 0 Å². The molecule has 0 aliphatic carbocycles. The summed E-state index contributed by atoms with van der Waals surface area (Å²) in [5.74, 6) is 0. The standard InChI is InChI=1S/C14H27BrN4/c1-7-11-13(15)12(19(8-2)17-11)9-16-10-14(3,4)18(5)6/h16H,7-10H2,1-6H3. The third kappa shape index (κ3) is 4.04. The first-order valence-corrected chi connectivity index (χ1v) is 7.75. The molecule has 110 valence electrons. The van der Waals surface area contributed by atoms with Crippen molar-refractivity contribution in [2.75, 3.05) is 20.6 Å². The molecule has 4 nitrogen and oxygen atoms in total. The van der Waals surface area contributed by atoms with E-state index < -0.39 is 0 Å². The lowest BCUT2D eigenvalue weighted by atomic mass is 10.0. The zero-order valence-corrected chi connectivity index (χ0v) is 14.6. The first kappa shape index (κ1) is 16.7. The summed E-state index contributed by atoms with van der Waals surface area (Å²) in [7, 11) is 4.23. The average Bonchev–Trinajstić information content (AvgIpc) is 2.66. The number of hydrogen-bond donors (Lipinski definition) is 1. The molecule has 1 aromatic rings. The van der Waals surface area contributed by atoms with Crippen LogP contribution in [0.4, 0.5) is 0 Å². The summed E-state index contributed by atoms with van der Waals surface area (Å²) in [6.07, 6.45) is 0.962. The van der Waals surface area contributed by atoms with Crippen molar-refractivity contribution < 1.29 is 0 Å². The second kappa shape index (κ2) is 6.86. The van der Waals surface area contributed by atoms with Crippen molar-refractivity contribution >= 4 is 15.9 Å². The molecule has 0 aromatic carbocycles. The maximum absolute atomic E-state index is 4.62. The lowest BCUT2D eigenvalue weighted by molar-refractivity contribution is 0.189. The lowest BCUT2D eigenvalue weighted by Gasteiger charge is -2.32. The summed E-state index contributed by atoms with van der Waals surface area (Å²) in [5.41, 5.74) is 2.54. The van der Waals surface area contributed by atoms with Crippen molar-refractivity contribution in [2.24, 2.45) is 0 Å². The van der Waals surface area contributed by atoms with Crippen LogP contribution in [0.5, 0.6) is 0 Å². The number of likely N-dealkylation sites (N-methyl/N-ethyl adjacent to an activating group) is 1. The third-order valence-electron chi connectivity index (χ3n) is 3.75. The second-order valence-corrected chi connectivity index (χ2v) is 6.48. The van der Waals surface area contributed by atoms with Crippen molar-refractivity contribution in [1.82, 2.24) is 20.0 Å². The van der Waals surface area contributed by atoms with Crippen molar-refractivity contribution in [3.63, 3.8) is 0 Å². The van der Waals surface area contributed by atoms with E-state index in [1.54, 1.807) is 0 Å². The number of aromatic nitrogens is 2. The number of rotatable bonds is 7. The summed E-state index contributed by atoms with van der Waals surface area (Å²) in [6.45, 7) is 11.5. The van der Waals surface area contributed by atoms with E-state index in [0.717, 1.165) is 36.2 Å². The van der Waals surface area contributed by atoms with Crippen molar-refractivity contribution in [3.8, 4) is 0 Å². The van der Waals surface area contributed by atoms with Gasteiger partial charge in [0.05, 0.1) is 15.9 Å². The van der Waals surface area contributed by atoms with Gasteiger partial charge in [0.1, 0.15) is 0 Å². The van der Waals surface area contributed by atoms with E-state index in [2.05, 4.69) is 77.7 Å². The average molecular weight is 331 g/mol. The zero-order chi connectivity index (χ0) is 14.6. The van der Waals surface area contributed by atoms with E-state index in [1.807, 2.05) is 0 Å². The summed E-state index contributed by atoms with van der Waals surface area (Å²) >= 11 is 3.68. The normalized spacial score (nSPS) is 12.4. The Kier molecular flexibility index (Phi) is 6.02. The summed E-state index contributed by atoms with van der Waals surface area (Å²) < 4.78 is 3.24. The van der Waals surface area contributed by atoms with E-state index in [1.165, 1.54) is 5.69 Å². The Labute approximate surface area is 125 Å². The molecule has 0 amide bonds. The number of hydrogen-bond acceptors (Lipinski definition) is 3. The maximum atomic E-state index is 4.62. The highest BCUT2D eigenvalue weighted by Gasteiger charge is 2.20. The van der Waals surface area contributed by atoms with Gasteiger partial charge in [-0.3, -0.25) is 4.68 Å². The van der Waals surface area contributed by atoms with Crippen molar-refractivity contribution in [3.05, 3.63) is 15.9 Å². The Balaban J connectivity index is 2.70. The fraction of sp³-hybridized carbons (Fsp3) is 0.786. The van der Waals surface area contributed by atoms with Crippen LogP contribution < -0.4 is 5.32 Å². The first-order chi connectivity index (χ1) is 8.83. The van der Waals surface area contributed by atoms with Gasteiger partial charge in [0, 0.05) is 25.2 Å². The molecule has 0 saturated carbocycles. The van der Waals surface area contributed by atoms with Crippen LogP contribution in [0.15, 0.2) is 4.47 Å². The Morgan fingerprint density at radius 1 is 1.32 bits per heavy atom. The van der Waals surface area contributed by atoms with Crippen LogP contribution in [-0.2, 0) is 19.5 Å². The first-order valence-electron chi connectivity index (χ1n) is 6.95. The second-order valence-electron chi connectivity index (χ2n) is 5.69. The molecule has 0 spiro atoms. The van der Waals surface area contributed by atoms with Gasteiger partial charge >= 0.3 is 0 Å². The van der Waals surface area contributed by atoms with Gasteiger partial charge in [0.25, 0.3) is 0 Å². The van der Waals surface area contributed by atoms with Crippen molar-refractivity contribution in [1.29, 1.82) is 0 Å². The monoisotopic (exact) mass is 330 g/mol.